The van der Waals surface area contributed by atoms with Gasteiger partial charge in [-0.15, -0.1) is 0 Å². The van der Waals surface area contributed by atoms with Crippen LogP contribution in [-0.4, -0.2) is 103 Å². The van der Waals surface area contributed by atoms with E-state index in [1.54, 1.807) is 25.1 Å². The fourth-order valence-corrected chi connectivity index (χ4v) is 9.08. The first-order valence-corrected chi connectivity index (χ1v) is 20.3. The molecule has 0 saturated heterocycles. The van der Waals surface area contributed by atoms with Gasteiger partial charge in [-0.05, 0) is 115 Å². The Hall–Kier alpha value is -4.73. The molecule has 8 rings (SSSR count). The van der Waals surface area contributed by atoms with E-state index in [-0.39, 0.29) is 55.8 Å². The van der Waals surface area contributed by atoms with E-state index < -0.39 is 17.8 Å². The van der Waals surface area contributed by atoms with E-state index in [4.69, 9.17) is 18.9 Å². The first-order chi connectivity index (χ1) is 28.2. The van der Waals surface area contributed by atoms with Gasteiger partial charge >= 0.3 is 0 Å². The lowest BCUT2D eigenvalue weighted by Gasteiger charge is -2.47. The van der Waals surface area contributed by atoms with Crippen LogP contribution in [0.3, 0.4) is 0 Å². The summed E-state index contributed by atoms with van der Waals surface area (Å²) in [4.78, 5) is 4.59. The Bertz CT molecular complexity index is 2270. The number of nitrogens with one attached hydrogen (secondary N) is 3. The molecule has 0 saturated carbocycles. The van der Waals surface area contributed by atoms with Crippen molar-refractivity contribution in [1.82, 2.24) is 16.0 Å². The molecule has 13 nitrogen and oxygen atoms in total. The van der Waals surface area contributed by atoms with Crippen LogP contribution in [0.2, 0.25) is 0 Å². The SMILES string of the molecule is CNCOC1(CNCNCC(C)O)Cc2c3c(c4c(c2OC1c1ccc(O)c(OCCO)c1)CCC(CO)O4)-c1ccc(O)cc1C(Cc1ccc2c(c1)=CCN=2)C3. The summed E-state index contributed by atoms with van der Waals surface area (Å²) in [5, 5.41) is 63.6. The van der Waals surface area contributed by atoms with E-state index in [1.807, 2.05) is 25.2 Å². The minimum Gasteiger partial charge on any atom is -0.508 e. The van der Waals surface area contributed by atoms with Crippen molar-refractivity contribution in [2.45, 2.75) is 68.9 Å². The molecule has 58 heavy (non-hydrogen) atoms. The van der Waals surface area contributed by atoms with Crippen molar-refractivity contribution in [1.29, 1.82) is 0 Å². The molecule has 3 heterocycles. The standard InChI is InChI=1S/C45H54N4O9/c1-26(52)21-47-24-48-23-45(56-25-46-2)20-37-36-17-30(16-27-3-9-38-28(15-27)11-12-49-38)35-19-31(53)5-7-33(35)41(36)43-34(8-6-32(22-51)57-43)42(37)58-44(45)29-4-10-39(54)40(18-29)55-14-13-50/h3-5,7,9-11,15,18-19,26,30,32,44,46-48,50-54H,6,8,12-14,16-17,20-25H2,1-2H3. The van der Waals surface area contributed by atoms with Gasteiger partial charge in [0.05, 0.1) is 38.0 Å². The predicted octanol–water partition coefficient (Wildman–Crippen LogP) is 2.24. The van der Waals surface area contributed by atoms with E-state index in [2.05, 4.69) is 45.2 Å². The summed E-state index contributed by atoms with van der Waals surface area (Å²) in [6, 6.07) is 17.2. The summed E-state index contributed by atoms with van der Waals surface area (Å²) in [6.45, 7) is 3.45. The van der Waals surface area contributed by atoms with E-state index >= 15 is 0 Å². The van der Waals surface area contributed by atoms with Gasteiger partial charge in [0, 0.05) is 42.9 Å². The van der Waals surface area contributed by atoms with E-state index in [9.17, 15) is 25.5 Å². The molecule has 0 radical (unpaired) electrons. The Kier molecular flexibility index (Phi) is 11.9. The molecule has 0 amide bonds. The molecule has 0 spiro atoms. The van der Waals surface area contributed by atoms with Crippen LogP contribution >= 0.6 is 0 Å². The van der Waals surface area contributed by atoms with Crippen LogP contribution in [0.1, 0.15) is 58.7 Å². The Labute approximate surface area is 338 Å². The summed E-state index contributed by atoms with van der Waals surface area (Å²) in [7, 11) is 1.83. The first kappa shape index (κ1) is 40.1. The van der Waals surface area contributed by atoms with Gasteiger partial charge in [0.2, 0.25) is 0 Å². The minimum atomic E-state index is -1.01. The second-order valence-electron chi connectivity index (χ2n) is 15.8. The van der Waals surface area contributed by atoms with E-state index in [0.29, 0.717) is 63.3 Å². The van der Waals surface area contributed by atoms with Crippen molar-refractivity contribution < 1.29 is 44.5 Å². The van der Waals surface area contributed by atoms with Crippen molar-refractivity contribution in [2.24, 2.45) is 4.99 Å². The molecule has 0 bridgehead atoms. The molecular weight excluding hydrogens is 741 g/mol. The number of phenolic OH excluding ortho intramolecular Hbond substituents is 2. The zero-order valence-electron chi connectivity index (χ0n) is 33.1. The molecule has 4 aliphatic rings. The highest BCUT2D eigenvalue weighted by atomic mass is 16.6. The molecule has 5 atom stereocenters. The lowest BCUT2D eigenvalue weighted by atomic mass is 9.70. The van der Waals surface area contributed by atoms with Gasteiger partial charge in [-0.1, -0.05) is 24.3 Å². The molecule has 0 aromatic heterocycles. The topological polar surface area (TPSA) is 187 Å². The Morgan fingerprint density at radius 2 is 1.86 bits per heavy atom. The number of nitrogens with zero attached hydrogens (tertiary/aromatic N) is 1. The summed E-state index contributed by atoms with van der Waals surface area (Å²) in [6.07, 6.45) is 3.57. The van der Waals surface area contributed by atoms with Crippen molar-refractivity contribution in [2.75, 3.05) is 59.9 Å². The summed E-state index contributed by atoms with van der Waals surface area (Å²) in [5.74, 6) is 1.78. The molecule has 4 aromatic rings. The van der Waals surface area contributed by atoms with Gasteiger partial charge < -0.3 is 55.1 Å². The normalized spacial score (nSPS) is 21.8. The third-order valence-electron chi connectivity index (χ3n) is 11.7. The molecule has 5 unspecified atom stereocenters. The van der Waals surface area contributed by atoms with Gasteiger partial charge in [0.1, 0.15) is 35.6 Å². The number of rotatable bonds is 16. The molecule has 8 N–H and O–H groups in total. The zero-order valence-corrected chi connectivity index (χ0v) is 33.1. The predicted molar refractivity (Wildman–Crippen MR) is 218 cm³/mol. The van der Waals surface area contributed by atoms with E-state index in [1.165, 1.54) is 5.56 Å². The Morgan fingerprint density at radius 1 is 0.983 bits per heavy atom. The Morgan fingerprint density at radius 3 is 2.67 bits per heavy atom. The molecule has 0 fully saturated rings. The van der Waals surface area contributed by atoms with Gasteiger partial charge in [0.25, 0.3) is 0 Å². The zero-order chi connectivity index (χ0) is 40.4. The molecule has 4 aromatic carbocycles. The third kappa shape index (κ3) is 7.87. The fourth-order valence-electron chi connectivity index (χ4n) is 9.08. The Balaban J connectivity index is 1.30. The second kappa shape index (κ2) is 17.2. The maximum Gasteiger partial charge on any atom is 0.161 e. The number of hydrogen-bond acceptors (Lipinski definition) is 13. The van der Waals surface area contributed by atoms with Gasteiger partial charge in [-0.25, -0.2) is 0 Å². The summed E-state index contributed by atoms with van der Waals surface area (Å²) >= 11 is 0. The third-order valence-corrected chi connectivity index (χ3v) is 11.7. The number of phenols is 2. The lowest BCUT2D eigenvalue weighted by molar-refractivity contribution is -0.129. The minimum absolute atomic E-state index is 0.00171. The average molecular weight is 795 g/mol. The van der Waals surface area contributed by atoms with Crippen LogP contribution in [0.15, 0.2) is 59.6 Å². The number of aliphatic hydroxyl groups is 3. The van der Waals surface area contributed by atoms with Gasteiger partial charge in [0.15, 0.2) is 17.6 Å². The molecule has 3 aliphatic heterocycles. The quantitative estimate of drug-likeness (QED) is 0.0612. The van der Waals surface area contributed by atoms with Crippen LogP contribution in [0.5, 0.6) is 28.7 Å². The number of aromatic hydroxyl groups is 2. The molecular formula is C45H54N4O9. The first-order valence-electron chi connectivity index (χ1n) is 20.3. The highest BCUT2D eigenvalue weighted by Crippen LogP contribution is 2.57. The monoisotopic (exact) mass is 794 g/mol. The fraction of sp³-hybridized carbons (Fsp3) is 0.444. The second-order valence-corrected chi connectivity index (χ2v) is 15.8. The summed E-state index contributed by atoms with van der Waals surface area (Å²) < 4.78 is 26.7. The lowest BCUT2D eigenvalue weighted by Crippen LogP contribution is -2.56. The van der Waals surface area contributed by atoms with Crippen molar-refractivity contribution in [3.05, 3.63) is 98.6 Å². The number of hydrogen-bond donors (Lipinski definition) is 8. The van der Waals surface area contributed by atoms with Gasteiger partial charge in [-0.2, -0.15) is 0 Å². The van der Waals surface area contributed by atoms with Crippen LogP contribution in [0.4, 0.5) is 0 Å². The maximum absolute atomic E-state index is 10.9. The number of ether oxygens (including phenoxy) is 4. The molecule has 308 valence electrons. The number of aliphatic hydroxyl groups excluding tert-OH is 3. The maximum atomic E-state index is 10.9. The van der Waals surface area contributed by atoms with Crippen molar-refractivity contribution in [3.8, 4) is 39.9 Å². The number of fused-ring (bicyclic) bond motifs is 9. The smallest absolute Gasteiger partial charge is 0.161 e. The summed E-state index contributed by atoms with van der Waals surface area (Å²) in [5.41, 5.74) is 6.88. The van der Waals surface area contributed by atoms with Crippen molar-refractivity contribution in [3.63, 3.8) is 0 Å². The van der Waals surface area contributed by atoms with Gasteiger partial charge in [-0.3, -0.25) is 10.3 Å². The van der Waals surface area contributed by atoms with Crippen molar-refractivity contribution >= 4 is 6.08 Å². The highest BCUT2D eigenvalue weighted by molar-refractivity contribution is 5.85. The average Bonchev–Trinajstić information content (AvgIpc) is 3.70. The largest absolute Gasteiger partial charge is 0.508 e. The van der Waals surface area contributed by atoms with Crippen LogP contribution < -0.4 is 40.7 Å². The van der Waals surface area contributed by atoms with Crippen LogP contribution in [-0.2, 0) is 30.4 Å². The van der Waals surface area contributed by atoms with Crippen LogP contribution in [0, 0.1) is 0 Å². The number of benzene rings is 4. The van der Waals surface area contributed by atoms with Crippen LogP contribution in [0.25, 0.3) is 17.2 Å². The molecule has 1 aliphatic carbocycles. The molecule has 13 heteroatoms. The highest BCUT2D eigenvalue weighted by Gasteiger charge is 2.50. The van der Waals surface area contributed by atoms with E-state index in [0.717, 1.165) is 56.1 Å².